The van der Waals surface area contributed by atoms with Crippen molar-refractivity contribution < 1.29 is 4.57 Å². The molecule has 0 saturated carbocycles. The highest BCUT2D eigenvalue weighted by atomic mass is 15.1. The Hall–Kier alpha value is -1.57. The molecule has 0 amide bonds. The molecule has 2 aromatic rings. The first-order valence-corrected chi connectivity index (χ1v) is 14.5. The number of rotatable bonds is 21. The summed E-state index contributed by atoms with van der Waals surface area (Å²) in [5, 5.41) is 0. The van der Waals surface area contributed by atoms with Crippen molar-refractivity contribution >= 4 is 0 Å². The highest BCUT2D eigenvalue weighted by Gasteiger charge is 2.18. The topological polar surface area (TPSA) is 8.81 Å². The van der Waals surface area contributed by atoms with E-state index >= 15 is 0 Å². The van der Waals surface area contributed by atoms with E-state index in [-0.39, 0.29) is 0 Å². The lowest BCUT2D eigenvalue weighted by Gasteiger charge is -2.06. The number of aryl methyl sites for hydroxylation is 1. The van der Waals surface area contributed by atoms with Crippen molar-refractivity contribution in [3.8, 4) is 5.69 Å². The summed E-state index contributed by atoms with van der Waals surface area (Å²) in [6, 6.07) is 10.9. The molecule has 2 heteroatoms. The molecule has 0 radical (unpaired) electrons. The zero-order chi connectivity index (χ0) is 23.4. The largest absolute Gasteiger partial charge is 0.261 e. The maximum Gasteiger partial charge on any atom is 0.261 e. The standard InChI is InChI=1S/C31H53N2/c1-3-5-7-9-11-13-15-17-22-26-31-32(27-23-18-16-14-12-10-8-6-4-2)28-29-33(31)30-24-20-19-21-25-30/h19-21,24-25,28-29H,3-18,22-23,26-27H2,1-2H3/q+1. The number of aromatic nitrogens is 2. The summed E-state index contributed by atoms with van der Waals surface area (Å²) in [6.07, 6.45) is 30.9. The first-order chi connectivity index (χ1) is 16.4. The van der Waals surface area contributed by atoms with E-state index in [9.17, 15) is 0 Å². The lowest BCUT2D eigenvalue weighted by atomic mass is 10.1. The Morgan fingerprint density at radius 3 is 1.61 bits per heavy atom. The molecule has 1 aromatic carbocycles. The zero-order valence-electron chi connectivity index (χ0n) is 22.1. The highest BCUT2D eigenvalue weighted by Crippen LogP contribution is 2.15. The second-order valence-electron chi connectivity index (χ2n) is 10.0. The summed E-state index contributed by atoms with van der Waals surface area (Å²) in [4.78, 5) is 0. The van der Waals surface area contributed by atoms with E-state index in [1.54, 1.807) is 0 Å². The van der Waals surface area contributed by atoms with Gasteiger partial charge in [0.2, 0.25) is 0 Å². The second kappa shape index (κ2) is 18.8. The second-order valence-corrected chi connectivity index (χ2v) is 10.0. The van der Waals surface area contributed by atoms with Crippen LogP contribution >= 0.6 is 0 Å². The molecule has 1 heterocycles. The number of para-hydroxylation sites is 1. The van der Waals surface area contributed by atoms with Crippen molar-refractivity contribution in [2.45, 2.75) is 142 Å². The molecule has 0 bridgehead atoms. The smallest absolute Gasteiger partial charge is 0.234 e. The van der Waals surface area contributed by atoms with Crippen LogP contribution in [0.3, 0.4) is 0 Å². The van der Waals surface area contributed by atoms with Crippen LogP contribution in [0.15, 0.2) is 42.7 Å². The van der Waals surface area contributed by atoms with Gasteiger partial charge in [-0.05, 0) is 31.4 Å². The van der Waals surface area contributed by atoms with Gasteiger partial charge in [-0.2, -0.15) is 4.57 Å². The van der Waals surface area contributed by atoms with Gasteiger partial charge >= 0.3 is 0 Å². The third-order valence-corrected chi connectivity index (χ3v) is 7.05. The van der Waals surface area contributed by atoms with Gasteiger partial charge in [0.1, 0.15) is 18.1 Å². The van der Waals surface area contributed by atoms with Crippen molar-refractivity contribution in [1.29, 1.82) is 0 Å². The Morgan fingerprint density at radius 1 is 0.576 bits per heavy atom. The summed E-state index contributed by atoms with van der Waals surface area (Å²) in [5.41, 5.74) is 1.30. The van der Waals surface area contributed by atoms with Gasteiger partial charge in [0, 0.05) is 6.42 Å². The quantitative estimate of drug-likeness (QED) is 0.131. The molecule has 1 aromatic heterocycles. The normalized spacial score (nSPS) is 11.3. The van der Waals surface area contributed by atoms with Crippen LogP contribution in [0.25, 0.3) is 5.69 Å². The number of unbranched alkanes of at least 4 members (excludes halogenated alkanes) is 16. The van der Waals surface area contributed by atoms with Crippen LogP contribution in [0.4, 0.5) is 0 Å². The van der Waals surface area contributed by atoms with Crippen molar-refractivity contribution in [3.05, 3.63) is 48.5 Å². The van der Waals surface area contributed by atoms with Crippen LogP contribution in [0.1, 0.15) is 135 Å². The van der Waals surface area contributed by atoms with Gasteiger partial charge in [0.15, 0.2) is 0 Å². The molecule has 2 nitrogen and oxygen atoms in total. The molecule has 0 saturated heterocycles. The molecule has 186 valence electrons. The van der Waals surface area contributed by atoms with Gasteiger partial charge in [-0.25, -0.2) is 4.57 Å². The average Bonchev–Trinajstić information content (AvgIpc) is 3.25. The van der Waals surface area contributed by atoms with Crippen LogP contribution in [0.2, 0.25) is 0 Å². The molecular formula is C31H53N2+. The Balaban J connectivity index is 1.75. The molecule has 0 fully saturated rings. The van der Waals surface area contributed by atoms with E-state index in [0.29, 0.717) is 0 Å². The summed E-state index contributed by atoms with van der Waals surface area (Å²) in [5.74, 6) is 1.49. The Labute approximate surface area is 205 Å². The summed E-state index contributed by atoms with van der Waals surface area (Å²) in [7, 11) is 0. The van der Waals surface area contributed by atoms with E-state index in [0.717, 1.165) is 0 Å². The van der Waals surface area contributed by atoms with Crippen molar-refractivity contribution in [2.75, 3.05) is 0 Å². The summed E-state index contributed by atoms with van der Waals surface area (Å²) >= 11 is 0. The molecule has 0 spiro atoms. The summed E-state index contributed by atoms with van der Waals surface area (Å²) < 4.78 is 4.97. The zero-order valence-corrected chi connectivity index (χ0v) is 22.1. The van der Waals surface area contributed by atoms with Crippen molar-refractivity contribution in [3.63, 3.8) is 0 Å². The number of imidazole rings is 1. The Morgan fingerprint density at radius 2 is 1.06 bits per heavy atom. The number of hydrogen-bond acceptors (Lipinski definition) is 0. The maximum absolute atomic E-state index is 2.54. The average molecular weight is 454 g/mol. The van der Waals surface area contributed by atoms with Crippen LogP contribution in [0, 0.1) is 0 Å². The Kier molecular flexibility index (Phi) is 15.8. The fourth-order valence-electron chi connectivity index (χ4n) is 4.94. The highest BCUT2D eigenvalue weighted by molar-refractivity contribution is 5.31. The van der Waals surface area contributed by atoms with Gasteiger partial charge in [0.25, 0.3) is 5.82 Å². The molecule has 2 rings (SSSR count). The predicted molar refractivity (Wildman–Crippen MR) is 144 cm³/mol. The van der Waals surface area contributed by atoms with E-state index in [4.69, 9.17) is 0 Å². The minimum absolute atomic E-state index is 1.17. The monoisotopic (exact) mass is 453 g/mol. The maximum atomic E-state index is 2.54. The number of benzene rings is 1. The number of nitrogens with zero attached hydrogens (tertiary/aromatic N) is 2. The predicted octanol–water partition coefficient (Wildman–Crippen LogP) is 9.37. The first-order valence-electron chi connectivity index (χ1n) is 14.5. The first kappa shape index (κ1) is 27.7. The van der Waals surface area contributed by atoms with Gasteiger partial charge < -0.3 is 0 Å². The van der Waals surface area contributed by atoms with Crippen LogP contribution in [-0.4, -0.2) is 4.57 Å². The van der Waals surface area contributed by atoms with Gasteiger partial charge in [-0.1, -0.05) is 128 Å². The molecule has 0 aliphatic heterocycles. The fraction of sp³-hybridized carbons (Fsp3) is 0.710. The Bertz CT molecular complexity index is 688. The molecule has 0 atom stereocenters. The van der Waals surface area contributed by atoms with Crippen molar-refractivity contribution in [1.82, 2.24) is 4.57 Å². The molecule has 0 aliphatic rings. The molecular weight excluding hydrogens is 400 g/mol. The lowest BCUT2D eigenvalue weighted by Crippen LogP contribution is -2.37. The van der Waals surface area contributed by atoms with E-state index in [1.807, 2.05) is 0 Å². The molecule has 0 N–H and O–H groups in total. The van der Waals surface area contributed by atoms with Crippen LogP contribution in [-0.2, 0) is 13.0 Å². The fourth-order valence-corrected chi connectivity index (χ4v) is 4.94. The molecule has 0 aliphatic carbocycles. The number of hydrogen-bond donors (Lipinski definition) is 0. The third-order valence-electron chi connectivity index (χ3n) is 7.05. The third kappa shape index (κ3) is 11.9. The van der Waals surface area contributed by atoms with E-state index in [1.165, 1.54) is 140 Å². The van der Waals surface area contributed by atoms with Crippen LogP contribution < -0.4 is 4.57 Å². The van der Waals surface area contributed by atoms with E-state index in [2.05, 4.69) is 65.7 Å². The van der Waals surface area contributed by atoms with Gasteiger partial charge in [-0.15, -0.1) is 0 Å². The SMILES string of the molecule is CCCCCCCCCCCc1n(-c2ccccc2)cc[n+]1CCCCCCCCCCC. The summed E-state index contributed by atoms with van der Waals surface area (Å²) in [6.45, 7) is 5.77. The van der Waals surface area contributed by atoms with Gasteiger partial charge in [0.05, 0.1) is 6.54 Å². The minimum Gasteiger partial charge on any atom is -0.234 e. The minimum atomic E-state index is 1.17. The lowest BCUT2D eigenvalue weighted by molar-refractivity contribution is -0.704. The molecule has 0 unspecified atom stereocenters. The molecule has 33 heavy (non-hydrogen) atoms. The van der Waals surface area contributed by atoms with Crippen LogP contribution in [0.5, 0.6) is 0 Å². The van der Waals surface area contributed by atoms with E-state index < -0.39 is 0 Å². The van der Waals surface area contributed by atoms with Gasteiger partial charge in [-0.3, -0.25) is 0 Å². The van der Waals surface area contributed by atoms with Crippen molar-refractivity contribution in [2.24, 2.45) is 0 Å².